The highest BCUT2D eigenvalue weighted by atomic mass is 35.5. The number of nitrogen functional groups attached to an aromatic ring is 1. The molecule has 16 heavy (non-hydrogen) atoms. The van der Waals surface area contributed by atoms with Gasteiger partial charge < -0.3 is 5.73 Å². The minimum atomic E-state index is 0.455. The van der Waals surface area contributed by atoms with E-state index >= 15 is 0 Å². The van der Waals surface area contributed by atoms with E-state index in [0.29, 0.717) is 10.8 Å². The highest BCUT2D eigenvalue weighted by Crippen LogP contribution is 2.17. The molecule has 0 bridgehead atoms. The molecule has 0 saturated heterocycles. The van der Waals surface area contributed by atoms with Gasteiger partial charge in [0.15, 0.2) is 0 Å². The van der Waals surface area contributed by atoms with Crippen molar-refractivity contribution >= 4 is 29.6 Å². The molecule has 4 heteroatoms. The highest BCUT2D eigenvalue weighted by molar-refractivity contribution is 6.30. The second kappa shape index (κ2) is 4.77. The number of pyridine rings is 2. The molecule has 0 aliphatic heterocycles. The van der Waals surface area contributed by atoms with Crippen LogP contribution in [0.2, 0.25) is 5.02 Å². The Morgan fingerprint density at radius 3 is 2.81 bits per heavy atom. The molecule has 0 aliphatic rings. The predicted octanol–water partition coefficient (Wildman–Crippen LogP) is 2.88. The van der Waals surface area contributed by atoms with Gasteiger partial charge in [-0.1, -0.05) is 17.7 Å². The summed E-state index contributed by atoms with van der Waals surface area (Å²) >= 11 is 5.83. The topological polar surface area (TPSA) is 51.8 Å². The van der Waals surface area contributed by atoms with Crippen LogP contribution in [0.5, 0.6) is 0 Å². The fourth-order valence-corrected chi connectivity index (χ4v) is 1.42. The van der Waals surface area contributed by atoms with Crippen LogP contribution in [0.4, 0.5) is 5.82 Å². The first-order chi connectivity index (χ1) is 7.75. The minimum absolute atomic E-state index is 0.455. The van der Waals surface area contributed by atoms with Crippen molar-refractivity contribution in [3.05, 3.63) is 52.9 Å². The lowest BCUT2D eigenvalue weighted by Crippen LogP contribution is -1.92. The monoisotopic (exact) mass is 231 g/mol. The normalized spacial score (nSPS) is 10.8. The second-order valence-corrected chi connectivity index (χ2v) is 3.65. The summed E-state index contributed by atoms with van der Waals surface area (Å²) in [5, 5.41) is 0.565. The van der Waals surface area contributed by atoms with E-state index in [2.05, 4.69) is 9.97 Å². The summed E-state index contributed by atoms with van der Waals surface area (Å²) in [4.78, 5) is 8.13. The van der Waals surface area contributed by atoms with E-state index in [9.17, 15) is 0 Å². The number of anilines is 1. The van der Waals surface area contributed by atoms with Crippen LogP contribution in [0.3, 0.4) is 0 Å². The van der Waals surface area contributed by atoms with Crippen molar-refractivity contribution in [2.24, 2.45) is 0 Å². The molecule has 80 valence electrons. The minimum Gasteiger partial charge on any atom is -0.383 e. The lowest BCUT2D eigenvalue weighted by atomic mass is 10.2. The predicted molar refractivity (Wildman–Crippen MR) is 66.8 cm³/mol. The zero-order valence-corrected chi connectivity index (χ0v) is 9.22. The molecule has 2 heterocycles. The van der Waals surface area contributed by atoms with E-state index in [4.69, 9.17) is 17.3 Å². The third kappa shape index (κ3) is 2.58. The van der Waals surface area contributed by atoms with Crippen molar-refractivity contribution in [3.8, 4) is 0 Å². The SMILES string of the molecule is Nc1ncc(Cl)cc1/C=C/c1ccccn1. The molecule has 2 rings (SSSR count). The Bertz CT molecular complexity index is 509. The van der Waals surface area contributed by atoms with Gasteiger partial charge in [-0.3, -0.25) is 4.98 Å². The van der Waals surface area contributed by atoms with Crippen molar-refractivity contribution in [2.45, 2.75) is 0 Å². The smallest absolute Gasteiger partial charge is 0.130 e. The fourth-order valence-electron chi connectivity index (χ4n) is 1.25. The average Bonchev–Trinajstić information content (AvgIpc) is 2.32. The molecule has 0 amide bonds. The van der Waals surface area contributed by atoms with Crippen LogP contribution in [-0.4, -0.2) is 9.97 Å². The van der Waals surface area contributed by atoms with Gasteiger partial charge in [-0.05, 0) is 30.4 Å². The van der Waals surface area contributed by atoms with Gasteiger partial charge in [0.05, 0.1) is 10.7 Å². The molecule has 0 atom stereocenters. The number of rotatable bonds is 2. The van der Waals surface area contributed by atoms with Gasteiger partial charge in [0.2, 0.25) is 0 Å². The number of halogens is 1. The highest BCUT2D eigenvalue weighted by Gasteiger charge is 1.97. The van der Waals surface area contributed by atoms with Crippen molar-refractivity contribution < 1.29 is 0 Å². The van der Waals surface area contributed by atoms with Crippen LogP contribution in [0.25, 0.3) is 12.2 Å². The molecule has 0 radical (unpaired) electrons. The maximum absolute atomic E-state index is 5.83. The van der Waals surface area contributed by atoms with Crippen molar-refractivity contribution in [3.63, 3.8) is 0 Å². The molecule has 0 spiro atoms. The Kier molecular flexibility index (Phi) is 3.17. The van der Waals surface area contributed by atoms with Gasteiger partial charge in [-0.15, -0.1) is 0 Å². The summed E-state index contributed by atoms with van der Waals surface area (Å²) in [6.07, 6.45) is 6.97. The van der Waals surface area contributed by atoms with E-state index in [0.717, 1.165) is 11.3 Å². The first kappa shape index (κ1) is 10.6. The third-order valence-electron chi connectivity index (χ3n) is 2.04. The van der Waals surface area contributed by atoms with Gasteiger partial charge in [-0.2, -0.15) is 0 Å². The van der Waals surface area contributed by atoms with Crippen LogP contribution >= 0.6 is 11.6 Å². The van der Waals surface area contributed by atoms with E-state index in [1.165, 1.54) is 6.20 Å². The number of aromatic nitrogens is 2. The van der Waals surface area contributed by atoms with E-state index in [-0.39, 0.29) is 0 Å². The van der Waals surface area contributed by atoms with E-state index < -0.39 is 0 Å². The van der Waals surface area contributed by atoms with Crippen LogP contribution < -0.4 is 5.73 Å². The Balaban J connectivity index is 2.27. The van der Waals surface area contributed by atoms with Gasteiger partial charge in [0.25, 0.3) is 0 Å². The van der Waals surface area contributed by atoms with Gasteiger partial charge in [-0.25, -0.2) is 4.98 Å². The number of nitrogens with zero attached hydrogens (tertiary/aromatic N) is 2. The fraction of sp³-hybridized carbons (Fsp3) is 0. The van der Waals surface area contributed by atoms with Crippen molar-refractivity contribution in [2.75, 3.05) is 5.73 Å². The molecule has 0 saturated carbocycles. The largest absolute Gasteiger partial charge is 0.383 e. The summed E-state index contributed by atoms with van der Waals surface area (Å²) in [7, 11) is 0. The average molecular weight is 232 g/mol. The lowest BCUT2D eigenvalue weighted by Gasteiger charge is -1.99. The first-order valence-electron chi connectivity index (χ1n) is 4.76. The maximum atomic E-state index is 5.83. The summed E-state index contributed by atoms with van der Waals surface area (Å²) < 4.78 is 0. The molecular formula is C12H10ClN3. The molecule has 2 aromatic rings. The Hall–Kier alpha value is -1.87. The molecule has 3 nitrogen and oxygen atoms in total. The maximum Gasteiger partial charge on any atom is 0.130 e. The number of hydrogen-bond donors (Lipinski definition) is 1. The summed E-state index contributed by atoms with van der Waals surface area (Å²) in [6.45, 7) is 0. The van der Waals surface area contributed by atoms with Gasteiger partial charge in [0.1, 0.15) is 5.82 Å². The lowest BCUT2D eigenvalue weighted by molar-refractivity contribution is 1.30. The van der Waals surface area contributed by atoms with E-state index in [1.54, 1.807) is 12.3 Å². The van der Waals surface area contributed by atoms with Crippen LogP contribution in [-0.2, 0) is 0 Å². The summed E-state index contributed by atoms with van der Waals surface area (Å²) in [5.41, 5.74) is 7.36. The van der Waals surface area contributed by atoms with Crippen LogP contribution in [0.1, 0.15) is 11.3 Å². The zero-order chi connectivity index (χ0) is 11.4. The Morgan fingerprint density at radius 1 is 1.19 bits per heavy atom. The standard InChI is InChI=1S/C12H10ClN3/c13-10-7-9(12(14)16-8-10)4-5-11-3-1-2-6-15-11/h1-8H,(H2,14,16)/b5-4+. The van der Waals surface area contributed by atoms with Gasteiger partial charge >= 0.3 is 0 Å². The molecule has 0 unspecified atom stereocenters. The quantitative estimate of drug-likeness (QED) is 0.865. The summed E-state index contributed by atoms with van der Waals surface area (Å²) in [5.74, 6) is 0.455. The molecule has 2 aromatic heterocycles. The van der Waals surface area contributed by atoms with Crippen LogP contribution in [0, 0.1) is 0 Å². The number of hydrogen-bond acceptors (Lipinski definition) is 3. The van der Waals surface area contributed by atoms with Crippen molar-refractivity contribution in [1.82, 2.24) is 9.97 Å². The van der Waals surface area contributed by atoms with E-state index in [1.807, 2.05) is 30.4 Å². The number of nitrogens with two attached hydrogens (primary N) is 1. The van der Waals surface area contributed by atoms with Gasteiger partial charge in [0, 0.05) is 18.0 Å². The molecule has 0 aliphatic carbocycles. The van der Waals surface area contributed by atoms with Crippen LogP contribution in [0.15, 0.2) is 36.7 Å². The summed E-state index contributed by atoms with van der Waals surface area (Å²) in [6, 6.07) is 7.47. The Labute approximate surface area is 98.6 Å². The second-order valence-electron chi connectivity index (χ2n) is 3.22. The zero-order valence-electron chi connectivity index (χ0n) is 8.47. The third-order valence-corrected chi connectivity index (χ3v) is 2.24. The van der Waals surface area contributed by atoms with Crippen molar-refractivity contribution in [1.29, 1.82) is 0 Å². The first-order valence-corrected chi connectivity index (χ1v) is 5.13. The Morgan fingerprint density at radius 2 is 2.06 bits per heavy atom. The molecule has 0 aromatic carbocycles. The molecule has 0 fully saturated rings. The molecule has 2 N–H and O–H groups in total. The molecular weight excluding hydrogens is 222 g/mol.